The van der Waals surface area contributed by atoms with Crippen LogP contribution in [0, 0.1) is 18.7 Å². The van der Waals surface area contributed by atoms with E-state index in [-0.39, 0.29) is 36.3 Å². The minimum Gasteiger partial charge on any atom is -0.481 e. The van der Waals surface area contributed by atoms with Crippen LogP contribution in [0.25, 0.3) is 11.4 Å². The first kappa shape index (κ1) is 20.0. The van der Waals surface area contributed by atoms with Gasteiger partial charge in [-0.2, -0.15) is 4.98 Å². The molecule has 1 saturated carbocycles. The molecule has 1 amide bonds. The van der Waals surface area contributed by atoms with Gasteiger partial charge in [-0.05, 0) is 38.3 Å². The first-order valence-electron chi connectivity index (χ1n) is 9.41. The van der Waals surface area contributed by atoms with Crippen molar-refractivity contribution in [1.82, 2.24) is 15.5 Å². The summed E-state index contributed by atoms with van der Waals surface area (Å²) in [5.74, 6) is -1.53. The van der Waals surface area contributed by atoms with Crippen LogP contribution in [0.3, 0.4) is 0 Å². The minimum atomic E-state index is -0.880. The van der Waals surface area contributed by atoms with Crippen molar-refractivity contribution in [2.24, 2.45) is 5.92 Å². The highest BCUT2D eigenvalue weighted by Gasteiger charge is 2.42. The lowest BCUT2D eigenvalue weighted by Crippen LogP contribution is -2.55. The molecule has 2 unspecified atom stereocenters. The normalized spacial score (nSPS) is 22.0. The lowest BCUT2D eigenvalue weighted by atomic mass is 9.74. The average molecular weight is 389 g/mol. The van der Waals surface area contributed by atoms with E-state index in [0.29, 0.717) is 24.0 Å². The number of hydrogen-bond donors (Lipinski definition) is 2. The van der Waals surface area contributed by atoms with Gasteiger partial charge in [-0.1, -0.05) is 30.1 Å². The highest BCUT2D eigenvalue weighted by Crippen LogP contribution is 2.34. The molecule has 1 aromatic heterocycles. The second-order valence-electron chi connectivity index (χ2n) is 7.58. The lowest BCUT2D eigenvalue weighted by Gasteiger charge is -2.39. The average Bonchev–Trinajstić information content (AvgIpc) is 3.11. The largest absolute Gasteiger partial charge is 0.481 e. The molecule has 1 aliphatic carbocycles. The van der Waals surface area contributed by atoms with E-state index in [2.05, 4.69) is 15.5 Å². The van der Waals surface area contributed by atoms with Crippen LogP contribution in [0.2, 0.25) is 0 Å². The van der Waals surface area contributed by atoms with Gasteiger partial charge in [0, 0.05) is 18.4 Å². The van der Waals surface area contributed by atoms with E-state index < -0.39 is 17.4 Å². The summed E-state index contributed by atoms with van der Waals surface area (Å²) >= 11 is 0. The predicted octanol–water partition coefficient (Wildman–Crippen LogP) is 3.27. The van der Waals surface area contributed by atoms with Gasteiger partial charge < -0.3 is 14.9 Å². The molecule has 8 heteroatoms. The van der Waals surface area contributed by atoms with Gasteiger partial charge in [-0.25, -0.2) is 4.39 Å². The number of nitrogens with zero attached hydrogens (tertiary/aromatic N) is 2. The molecular formula is C20H24FN3O4. The van der Waals surface area contributed by atoms with Crippen LogP contribution < -0.4 is 5.32 Å². The third-order valence-corrected chi connectivity index (χ3v) is 5.40. The van der Waals surface area contributed by atoms with Crippen LogP contribution in [-0.4, -0.2) is 32.7 Å². The quantitative estimate of drug-likeness (QED) is 0.786. The van der Waals surface area contributed by atoms with Crippen molar-refractivity contribution in [3.8, 4) is 11.4 Å². The zero-order chi connectivity index (χ0) is 20.3. The number of carbonyl (C=O) groups excluding carboxylic acids is 1. The lowest BCUT2D eigenvalue weighted by molar-refractivity contribution is -0.146. The summed E-state index contributed by atoms with van der Waals surface area (Å²) in [4.78, 5) is 28.1. The summed E-state index contributed by atoms with van der Waals surface area (Å²) in [5.41, 5.74) is 0.280. The SMILES string of the molecule is Cc1ccc(-c2noc(CCC(=O)NC3(C)CCCCC3C(=O)O)n2)cc1F. The molecular weight excluding hydrogens is 365 g/mol. The molecule has 0 saturated heterocycles. The number of aromatic nitrogens is 2. The van der Waals surface area contributed by atoms with Gasteiger partial charge in [-0.15, -0.1) is 0 Å². The van der Waals surface area contributed by atoms with Crippen LogP contribution >= 0.6 is 0 Å². The number of nitrogens with one attached hydrogen (secondary N) is 1. The Bertz CT molecular complexity index is 882. The highest BCUT2D eigenvalue weighted by molar-refractivity contribution is 5.79. The number of benzene rings is 1. The topological polar surface area (TPSA) is 105 Å². The van der Waals surface area contributed by atoms with E-state index in [1.165, 1.54) is 6.07 Å². The number of rotatable bonds is 6. The monoisotopic (exact) mass is 389 g/mol. The van der Waals surface area contributed by atoms with Gasteiger partial charge in [0.05, 0.1) is 11.5 Å². The number of aliphatic carboxylic acids is 1. The van der Waals surface area contributed by atoms with Crippen molar-refractivity contribution < 1.29 is 23.6 Å². The van der Waals surface area contributed by atoms with Crippen LogP contribution in [0.1, 0.15) is 50.5 Å². The van der Waals surface area contributed by atoms with Gasteiger partial charge in [-0.3, -0.25) is 9.59 Å². The fourth-order valence-electron chi connectivity index (χ4n) is 3.69. The summed E-state index contributed by atoms with van der Waals surface area (Å²) in [5, 5.41) is 16.2. The molecule has 2 atom stereocenters. The first-order chi connectivity index (χ1) is 13.3. The number of carbonyl (C=O) groups is 2. The maximum absolute atomic E-state index is 13.7. The highest BCUT2D eigenvalue weighted by atomic mass is 19.1. The van der Waals surface area contributed by atoms with Gasteiger partial charge in [0.1, 0.15) is 5.82 Å². The Labute approximate surface area is 162 Å². The van der Waals surface area contributed by atoms with Gasteiger partial charge in [0.2, 0.25) is 17.6 Å². The number of carboxylic acids is 1. The molecule has 150 valence electrons. The molecule has 0 aliphatic heterocycles. The maximum Gasteiger partial charge on any atom is 0.308 e. The molecule has 7 nitrogen and oxygen atoms in total. The van der Waals surface area contributed by atoms with Crippen LogP contribution in [0.15, 0.2) is 22.7 Å². The van der Waals surface area contributed by atoms with E-state index in [1.54, 1.807) is 26.0 Å². The van der Waals surface area contributed by atoms with Crippen molar-refractivity contribution in [1.29, 1.82) is 0 Å². The second kappa shape index (κ2) is 8.08. The molecule has 1 aliphatic rings. The predicted molar refractivity (Wildman–Crippen MR) is 98.9 cm³/mol. The molecule has 1 aromatic carbocycles. The third-order valence-electron chi connectivity index (χ3n) is 5.40. The van der Waals surface area contributed by atoms with Crippen molar-refractivity contribution in [2.45, 2.75) is 57.9 Å². The summed E-state index contributed by atoms with van der Waals surface area (Å²) in [6.07, 6.45) is 3.27. The van der Waals surface area contributed by atoms with Crippen molar-refractivity contribution in [2.75, 3.05) is 0 Å². The number of carboxylic acid groups (broad SMARTS) is 1. The van der Waals surface area contributed by atoms with E-state index in [4.69, 9.17) is 4.52 Å². The van der Waals surface area contributed by atoms with Crippen molar-refractivity contribution in [3.63, 3.8) is 0 Å². The van der Waals surface area contributed by atoms with Crippen molar-refractivity contribution in [3.05, 3.63) is 35.5 Å². The van der Waals surface area contributed by atoms with Gasteiger partial charge >= 0.3 is 5.97 Å². The maximum atomic E-state index is 13.7. The zero-order valence-corrected chi connectivity index (χ0v) is 16.0. The molecule has 28 heavy (non-hydrogen) atoms. The van der Waals surface area contributed by atoms with Gasteiger partial charge in [0.25, 0.3) is 0 Å². The van der Waals surface area contributed by atoms with E-state index in [0.717, 1.165) is 12.8 Å². The van der Waals surface area contributed by atoms with Crippen molar-refractivity contribution >= 4 is 11.9 Å². The summed E-state index contributed by atoms with van der Waals surface area (Å²) < 4.78 is 18.8. The fourth-order valence-corrected chi connectivity index (χ4v) is 3.69. The Morgan fingerprint density at radius 3 is 2.89 bits per heavy atom. The van der Waals surface area contributed by atoms with E-state index >= 15 is 0 Å². The number of halogens is 1. The van der Waals surface area contributed by atoms with Crippen LogP contribution in [-0.2, 0) is 16.0 Å². The molecule has 1 fully saturated rings. The zero-order valence-electron chi connectivity index (χ0n) is 16.0. The third kappa shape index (κ3) is 4.37. The van der Waals surface area contributed by atoms with E-state index in [9.17, 15) is 19.1 Å². The second-order valence-corrected chi connectivity index (χ2v) is 7.58. The number of amides is 1. The molecule has 0 spiro atoms. The molecule has 1 heterocycles. The Morgan fingerprint density at radius 1 is 1.39 bits per heavy atom. The Balaban J connectivity index is 1.60. The first-order valence-corrected chi connectivity index (χ1v) is 9.41. The number of hydrogen-bond acceptors (Lipinski definition) is 5. The molecule has 2 aromatic rings. The summed E-state index contributed by atoms with van der Waals surface area (Å²) in [6, 6.07) is 4.68. The summed E-state index contributed by atoms with van der Waals surface area (Å²) in [6.45, 7) is 3.46. The molecule has 0 bridgehead atoms. The van der Waals surface area contributed by atoms with Crippen LogP contribution in [0.5, 0.6) is 0 Å². The Kier molecular flexibility index (Phi) is 5.76. The van der Waals surface area contributed by atoms with E-state index in [1.807, 2.05) is 0 Å². The smallest absolute Gasteiger partial charge is 0.308 e. The van der Waals surface area contributed by atoms with Gasteiger partial charge in [0.15, 0.2) is 0 Å². The minimum absolute atomic E-state index is 0.103. The molecule has 0 radical (unpaired) electrons. The fraction of sp³-hybridized carbons (Fsp3) is 0.500. The Morgan fingerprint density at radius 2 is 2.18 bits per heavy atom. The standard InChI is InChI=1S/C20H24FN3O4/c1-12-6-7-13(11-15(12)21)18-22-17(28-24-18)9-8-16(25)23-20(2)10-4-3-5-14(20)19(26)27/h6-7,11,14H,3-5,8-10H2,1-2H3,(H,23,25)(H,26,27). The number of aryl methyl sites for hydroxylation is 2. The Hall–Kier alpha value is -2.77. The molecule has 3 rings (SSSR count). The van der Waals surface area contributed by atoms with Crippen LogP contribution in [0.4, 0.5) is 4.39 Å². The summed E-state index contributed by atoms with van der Waals surface area (Å²) in [7, 11) is 0. The molecule has 2 N–H and O–H groups in total.